The molecular formula is C8H4NO2S. The van der Waals surface area contributed by atoms with Crippen molar-refractivity contribution in [2.24, 2.45) is 0 Å². The first kappa shape index (κ1) is 7.24. The average Bonchev–Trinajstić information content (AvgIpc) is 2.49. The van der Waals surface area contributed by atoms with Crippen LogP contribution in [0.3, 0.4) is 0 Å². The Balaban J connectivity index is 2.68. The quantitative estimate of drug-likeness (QED) is 0.497. The molecule has 2 rings (SSSR count). The lowest BCUT2D eigenvalue weighted by atomic mass is 10.2. The van der Waals surface area contributed by atoms with Crippen LogP contribution in [0.4, 0.5) is 5.69 Å². The molecule has 3 nitrogen and oxygen atoms in total. The number of nitrogens with zero attached hydrogens (tertiary/aromatic N) is 1. The summed E-state index contributed by atoms with van der Waals surface area (Å²) >= 11 is 1.46. The molecule has 0 atom stereocenters. The summed E-state index contributed by atoms with van der Waals surface area (Å²) in [5.41, 5.74) is 0.137. The second-order valence-corrected chi connectivity index (χ2v) is 3.23. The molecular weight excluding hydrogens is 174 g/mol. The topological polar surface area (TPSA) is 43.1 Å². The van der Waals surface area contributed by atoms with E-state index in [1.807, 2.05) is 0 Å². The molecule has 0 aliphatic carbocycles. The number of nitro groups is 1. The Labute approximate surface area is 72.4 Å². The van der Waals surface area contributed by atoms with Crippen LogP contribution >= 0.6 is 11.3 Å². The highest BCUT2D eigenvalue weighted by molar-refractivity contribution is 7.17. The number of thiophene rings is 1. The van der Waals surface area contributed by atoms with Gasteiger partial charge in [0.2, 0.25) is 0 Å². The standard InChI is InChI=1S/C8H4NO2S/c10-9(11)7-2-1-6-3-4-12-8(6)5-7/h1-2,4-5H. The lowest BCUT2D eigenvalue weighted by Crippen LogP contribution is -1.85. The van der Waals surface area contributed by atoms with Crippen molar-refractivity contribution in [1.82, 2.24) is 0 Å². The van der Waals surface area contributed by atoms with Crippen molar-refractivity contribution < 1.29 is 4.92 Å². The minimum absolute atomic E-state index is 0.137. The number of rotatable bonds is 1. The highest BCUT2D eigenvalue weighted by Gasteiger charge is 2.05. The number of fused-ring (bicyclic) bond motifs is 1. The molecule has 4 heteroatoms. The van der Waals surface area contributed by atoms with E-state index in [0.717, 1.165) is 10.1 Å². The third-order valence-electron chi connectivity index (χ3n) is 1.58. The van der Waals surface area contributed by atoms with Crippen molar-refractivity contribution >= 4 is 27.1 Å². The summed E-state index contributed by atoms with van der Waals surface area (Å²) in [5.74, 6) is 0. The summed E-state index contributed by atoms with van der Waals surface area (Å²) in [7, 11) is 0. The van der Waals surface area contributed by atoms with E-state index in [1.54, 1.807) is 17.5 Å². The van der Waals surface area contributed by atoms with Crippen LogP contribution in [0.5, 0.6) is 0 Å². The van der Waals surface area contributed by atoms with Crippen molar-refractivity contribution in [3.63, 3.8) is 0 Å². The van der Waals surface area contributed by atoms with Gasteiger partial charge >= 0.3 is 0 Å². The maximum absolute atomic E-state index is 10.4. The van der Waals surface area contributed by atoms with Crippen molar-refractivity contribution in [3.05, 3.63) is 39.8 Å². The predicted octanol–water partition coefficient (Wildman–Crippen LogP) is 2.61. The summed E-state index contributed by atoms with van der Waals surface area (Å²) < 4.78 is 0.907. The van der Waals surface area contributed by atoms with Gasteiger partial charge in [-0.15, -0.1) is 11.3 Å². The molecule has 12 heavy (non-hydrogen) atoms. The Morgan fingerprint density at radius 2 is 2.33 bits per heavy atom. The van der Waals surface area contributed by atoms with Crippen LogP contribution in [0.25, 0.3) is 10.1 Å². The molecule has 0 aliphatic rings. The van der Waals surface area contributed by atoms with E-state index in [0.29, 0.717) is 0 Å². The number of benzene rings is 1. The van der Waals surface area contributed by atoms with Gasteiger partial charge in [-0.25, -0.2) is 0 Å². The average molecular weight is 178 g/mol. The summed E-state index contributed by atoms with van der Waals surface area (Å²) in [6.45, 7) is 0. The highest BCUT2D eigenvalue weighted by Crippen LogP contribution is 2.24. The van der Waals surface area contributed by atoms with Gasteiger partial charge in [0.05, 0.1) is 4.92 Å². The molecule has 0 spiro atoms. The zero-order chi connectivity index (χ0) is 8.55. The molecule has 1 aromatic carbocycles. The Morgan fingerprint density at radius 3 is 3.08 bits per heavy atom. The molecule has 59 valence electrons. The molecule has 1 aromatic heterocycles. The van der Waals surface area contributed by atoms with Crippen LogP contribution in [0.15, 0.2) is 23.6 Å². The van der Waals surface area contributed by atoms with Gasteiger partial charge in [0.1, 0.15) is 0 Å². The minimum Gasteiger partial charge on any atom is -0.258 e. The van der Waals surface area contributed by atoms with E-state index in [1.165, 1.54) is 17.4 Å². The van der Waals surface area contributed by atoms with Gasteiger partial charge < -0.3 is 0 Å². The lowest BCUT2D eigenvalue weighted by molar-refractivity contribution is -0.384. The molecule has 0 saturated carbocycles. The van der Waals surface area contributed by atoms with Crippen molar-refractivity contribution in [2.75, 3.05) is 0 Å². The molecule has 0 bridgehead atoms. The van der Waals surface area contributed by atoms with E-state index in [9.17, 15) is 10.1 Å². The van der Waals surface area contributed by atoms with E-state index in [2.05, 4.69) is 6.07 Å². The molecule has 0 fully saturated rings. The molecule has 0 amide bonds. The van der Waals surface area contributed by atoms with Gasteiger partial charge in [-0.05, 0) is 11.4 Å². The number of non-ortho nitro benzene ring substituents is 1. The number of hydrogen-bond donors (Lipinski definition) is 0. The van der Waals surface area contributed by atoms with Crippen LogP contribution < -0.4 is 0 Å². The van der Waals surface area contributed by atoms with Crippen LogP contribution in [0.2, 0.25) is 0 Å². The molecule has 1 heterocycles. The van der Waals surface area contributed by atoms with Gasteiger partial charge in [0, 0.05) is 28.3 Å². The summed E-state index contributed by atoms with van der Waals surface area (Å²) in [6, 6.07) is 7.75. The number of nitro benzene ring substituents is 1. The first-order valence-electron chi connectivity index (χ1n) is 3.31. The van der Waals surface area contributed by atoms with Crippen molar-refractivity contribution in [2.45, 2.75) is 0 Å². The Morgan fingerprint density at radius 1 is 1.50 bits per heavy atom. The van der Waals surface area contributed by atoms with Gasteiger partial charge in [0.15, 0.2) is 0 Å². The highest BCUT2D eigenvalue weighted by atomic mass is 32.1. The second-order valence-electron chi connectivity index (χ2n) is 2.32. The zero-order valence-electron chi connectivity index (χ0n) is 5.98. The first-order chi connectivity index (χ1) is 5.77. The largest absolute Gasteiger partial charge is 0.270 e. The summed E-state index contributed by atoms with van der Waals surface area (Å²) in [4.78, 5) is 9.98. The van der Waals surface area contributed by atoms with E-state index >= 15 is 0 Å². The van der Waals surface area contributed by atoms with Crippen molar-refractivity contribution in [1.29, 1.82) is 0 Å². The van der Waals surface area contributed by atoms with Gasteiger partial charge in [-0.3, -0.25) is 10.1 Å². The molecule has 0 N–H and O–H groups in total. The first-order valence-corrected chi connectivity index (χ1v) is 4.18. The molecule has 0 saturated heterocycles. The van der Waals surface area contributed by atoms with E-state index in [-0.39, 0.29) is 10.6 Å². The van der Waals surface area contributed by atoms with Crippen LogP contribution in [0.1, 0.15) is 0 Å². The molecule has 0 aliphatic heterocycles. The fraction of sp³-hybridized carbons (Fsp3) is 0. The fourth-order valence-electron chi connectivity index (χ4n) is 0.998. The maximum Gasteiger partial charge on any atom is 0.270 e. The van der Waals surface area contributed by atoms with Gasteiger partial charge in [-0.2, -0.15) is 0 Å². The third kappa shape index (κ3) is 1.06. The zero-order valence-corrected chi connectivity index (χ0v) is 6.80. The summed E-state index contributed by atoms with van der Waals surface area (Å²) in [5, 5.41) is 13.1. The third-order valence-corrected chi connectivity index (χ3v) is 2.40. The van der Waals surface area contributed by atoms with Crippen LogP contribution in [0, 0.1) is 16.2 Å². The van der Waals surface area contributed by atoms with E-state index in [4.69, 9.17) is 0 Å². The van der Waals surface area contributed by atoms with Gasteiger partial charge in [0.25, 0.3) is 5.69 Å². The maximum atomic E-state index is 10.4. The fourth-order valence-corrected chi connectivity index (χ4v) is 1.75. The Hall–Kier alpha value is -1.42. The molecule has 0 unspecified atom stereocenters. The Kier molecular flexibility index (Phi) is 1.55. The van der Waals surface area contributed by atoms with Crippen LogP contribution in [-0.4, -0.2) is 4.92 Å². The molecule has 2 aromatic rings. The van der Waals surface area contributed by atoms with Crippen molar-refractivity contribution in [3.8, 4) is 0 Å². The number of hydrogen-bond acceptors (Lipinski definition) is 3. The monoisotopic (exact) mass is 178 g/mol. The lowest BCUT2D eigenvalue weighted by Gasteiger charge is -1.89. The Bertz CT molecular complexity index is 435. The van der Waals surface area contributed by atoms with E-state index < -0.39 is 0 Å². The van der Waals surface area contributed by atoms with Gasteiger partial charge in [-0.1, -0.05) is 0 Å². The van der Waals surface area contributed by atoms with Crippen LogP contribution in [-0.2, 0) is 0 Å². The SMILES string of the molecule is O=[N+]([O-])c1ccc2[c]csc2c1. The predicted molar refractivity (Wildman–Crippen MR) is 47.3 cm³/mol. The second kappa shape index (κ2) is 2.57. The minimum atomic E-state index is -0.390. The smallest absolute Gasteiger partial charge is 0.258 e. The normalized spacial score (nSPS) is 10.3. The molecule has 1 radical (unpaired) electrons. The summed E-state index contributed by atoms with van der Waals surface area (Å²) in [6.07, 6.45) is 0.